The van der Waals surface area contributed by atoms with Gasteiger partial charge < -0.3 is 24.6 Å². The van der Waals surface area contributed by atoms with E-state index in [4.69, 9.17) is 19.3 Å². The van der Waals surface area contributed by atoms with Gasteiger partial charge in [0.2, 0.25) is 0 Å². The third-order valence-electron chi connectivity index (χ3n) is 4.67. The highest BCUT2D eigenvalue weighted by atomic mass is 16.5. The van der Waals surface area contributed by atoms with E-state index in [1.165, 1.54) is 0 Å². The Kier molecular flexibility index (Phi) is 6.84. The zero-order valence-electron chi connectivity index (χ0n) is 15.8. The summed E-state index contributed by atoms with van der Waals surface area (Å²) in [4.78, 5) is 23.3. The topological polar surface area (TPSA) is 94.1 Å². The monoisotopic (exact) mass is 387 g/mol. The molecule has 2 aromatic rings. The van der Waals surface area contributed by atoms with E-state index < -0.39 is 18.7 Å². The van der Waals surface area contributed by atoms with Crippen molar-refractivity contribution in [2.75, 3.05) is 25.1 Å². The second-order valence-corrected chi connectivity index (χ2v) is 6.79. The van der Waals surface area contributed by atoms with E-state index in [2.05, 4.69) is 5.32 Å². The first-order valence-corrected chi connectivity index (χ1v) is 9.45. The summed E-state index contributed by atoms with van der Waals surface area (Å²) < 4.78 is 16.7. The molecule has 2 unspecified atom stereocenters. The van der Waals surface area contributed by atoms with E-state index >= 15 is 0 Å². The number of carboxylic acids is 1. The first-order valence-electron chi connectivity index (χ1n) is 9.45. The van der Waals surface area contributed by atoms with Crippen LogP contribution in [0.5, 0.6) is 5.75 Å². The second kappa shape index (κ2) is 9.52. The van der Waals surface area contributed by atoms with Gasteiger partial charge in [0.25, 0.3) is 5.91 Å². The maximum atomic E-state index is 12.5. The number of aliphatic carboxylic acids is 1. The van der Waals surface area contributed by atoms with Gasteiger partial charge in [0.15, 0.2) is 6.61 Å². The minimum absolute atomic E-state index is 0.0514. The van der Waals surface area contributed by atoms with Crippen LogP contribution in [-0.4, -0.2) is 49.0 Å². The summed E-state index contributed by atoms with van der Waals surface area (Å²) in [5.74, 6) is -0.843. The van der Waals surface area contributed by atoms with Crippen molar-refractivity contribution in [3.8, 4) is 5.75 Å². The van der Waals surface area contributed by atoms with Crippen molar-refractivity contribution in [1.29, 1.82) is 0 Å². The molecule has 1 heterocycles. The van der Waals surface area contributed by atoms with Crippen LogP contribution in [0.2, 0.25) is 0 Å². The molecule has 0 bridgehead atoms. The average Bonchev–Trinajstić information content (AvgIpc) is 2.72. The molecule has 0 spiro atoms. The van der Waals surface area contributed by atoms with Gasteiger partial charge in [0.1, 0.15) is 11.9 Å². The van der Waals surface area contributed by atoms with Crippen LogP contribution in [0.3, 0.4) is 0 Å². The van der Waals surface area contributed by atoms with Gasteiger partial charge in [-0.15, -0.1) is 0 Å². The Labute approximate surface area is 163 Å². The van der Waals surface area contributed by atoms with Crippen molar-refractivity contribution >= 4 is 28.3 Å². The lowest BCUT2D eigenvalue weighted by atomic mass is 10.1. The zero-order chi connectivity index (χ0) is 19.9. The molecule has 2 aromatic carbocycles. The molecule has 3 rings (SSSR count). The number of carbonyl (C=O) groups is 2. The Hall–Kier alpha value is -2.64. The van der Waals surface area contributed by atoms with Crippen molar-refractivity contribution in [2.24, 2.45) is 0 Å². The lowest BCUT2D eigenvalue weighted by molar-refractivity contribution is -0.139. The minimum Gasteiger partial charge on any atom is -0.481 e. The number of fused-ring (bicyclic) bond motifs is 1. The summed E-state index contributed by atoms with van der Waals surface area (Å²) >= 11 is 0. The number of carbonyl (C=O) groups excluding carboxylic acids is 1. The van der Waals surface area contributed by atoms with E-state index in [-0.39, 0.29) is 12.0 Å². The van der Waals surface area contributed by atoms with Gasteiger partial charge in [0.05, 0.1) is 12.7 Å². The fourth-order valence-electron chi connectivity index (χ4n) is 3.15. The Bertz CT molecular complexity index is 831. The first kappa shape index (κ1) is 20.1. The summed E-state index contributed by atoms with van der Waals surface area (Å²) in [6.07, 6.45) is 2.59. The van der Waals surface area contributed by atoms with Crippen molar-refractivity contribution in [3.63, 3.8) is 0 Å². The van der Waals surface area contributed by atoms with Crippen LogP contribution >= 0.6 is 0 Å². The number of hydrogen-bond acceptors (Lipinski definition) is 5. The lowest BCUT2D eigenvalue weighted by Crippen LogP contribution is -2.32. The van der Waals surface area contributed by atoms with Gasteiger partial charge in [-0.1, -0.05) is 24.3 Å². The van der Waals surface area contributed by atoms with Crippen LogP contribution in [-0.2, 0) is 19.1 Å². The van der Waals surface area contributed by atoms with Crippen LogP contribution in [0.1, 0.15) is 26.2 Å². The third kappa shape index (κ3) is 5.21. The summed E-state index contributed by atoms with van der Waals surface area (Å²) in [6, 6.07) is 10.7. The first-order chi connectivity index (χ1) is 13.5. The number of hydrogen-bond donors (Lipinski definition) is 2. The summed E-state index contributed by atoms with van der Waals surface area (Å²) in [7, 11) is 0. The quantitative estimate of drug-likeness (QED) is 0.722. The van der Waals surface area contributed by atoms with Crippen LogP contribution in [0, 0.1) is 0 Å². The van der Waals surface area contributed by atoms with E-state index in [1.807, 2.05) is 24.3 Å². The Morgan fingerprint density at radius 2 is 2.00 bits per heavy atom. The molecule has 2 atom stereocenters. The van der Waals surface area contributed by atoms with Gasteiger partial charge in [-0.2, -0.15) is 0 Å². The Morgan fingerprint density at radius 1 is 1.21 bits per heavy atom. The van der Waals surface area contributed by atoms with E-state index in [0.717, 1.165) is 36.6 Å². The lowest BCUT2D eigenvalue weighted by Gasteiger charge is -2.24. The largest absolute Gasteiger partial charge is 0.481 e. The van der Waals surface area contributed by atoms with E-state index in [0.29, 0.717) is 18.0 Å². The second-order valence-electron chi connectivity index (χ2n) is 6.79. The van der Waals surface area contributed by atoms with Crippen molar-refractivity contribution in [2.45, 2.75) is 38.4 Å². The van der Waals surface area contributed by atoms with Gasteiger partial charge in [-0.05, 0) is 38.3 Å². The highest BCUT2D eigenvalue weighted by Gasteiger charge is 2.20. The summed E-state index contributed by atoms with van der Waals surface area (Å²) in [6.45, 7) is 2.43. The van der Waals surface area contributed by atoms with Crippen LogP contribution in [0.15, 0.2) is 36.4 Å². The molecule has 1 aliphatic heterocycles. The molecule has 1 fully saturated rings. The molecule has 7 nitrogen and oxygen atoms in total. The standard InChI is InChI=1S/C21H25NO6/c1-14(27-12-15-6-4-5-11-26-15)21(25)22-18-9-10-19(28-13-20(23)24)17-8-3-2-7-16(17)18/h2-3,7-10,14-15H,4-6,11-13H2,1H3,(H,22,25)(H,23,24). The average molecular weight is 387 g/mol. The Balaban J connectivity index is 1.66. The number of nitrogens with one attached hydrogen (secondary N) is 1. The molecular formula is C21H25NO6. The number of ether oxygens (including phenoxy) is 3. The van der Waals surface area contributed by atoms with E-state index in [1.54, 1.807) is 19.1 Å². The van der Waals surface area contributed by atoms with Gasteiger partial charge >= 0.3 is 5.97 Å². The fourth-order valence-corrected chi connectivity index (χ4v) is 3.15. The van der Waals surface area contributed by atoms with Crippen molar-refractivity contribution in [1.82, 2.24) is 0 Å². The third-order valence-corrected chi connectivity index (χ3v) is 4.67. The molecule has 2 N–H and O–H groups in total. The van der Waals surface area contributed by atoms with Gasteiger partial charge in [0, 0.05) is 23.1 Å². The van der Waals surface area contributed by atoms with Crippen LogP contribution < -0.4 is 10.1 Å². The van der Waals surface area contributed by atoms with E-state index in [9.17, 15) is 9.59 Å². The predicted octanol–water partition coefficient (Wildman–Crippen LogP) is 3.22. The number of benzene rings is 2. The number of amides is 1. The maximum Gasteiger partial charge on any atom is 0.341 e. The van der Waals surface area contributed by atoms with Crippen molar-refractivity contribution < 1.29 is 28.9 Å². The summed E-state index contributed by atoms with van der Waals surface area (Å²) in [5, 5.41) is 13.2. The fraction of sp³-hybridized carbons (Fsp3) is 0.429. The molecule has 1 aliphatic rings. The zero-order valence-corrected chi connectivity index (χ0v) is 15.8. The molecule has 0 aromatic heterocycles. The molecule has 7 heteroatoms. The molecule has 1 amide bonds. The number of carboxylic acid groups (broad SMARTS) is 1. The maximum absolute atomic E-state index is 12.5. The molecule has 150 valence electrons. The molecular weight excluding hydrogens is 362 g/mol. The van der Waals surface area contributed by atoms with Crippen LogP contribution in [0.25, 0.3) is 10.8 Å². The smallest absolute Gasteiger partial charge is 0.341 e. The van der Waals surface area contributed by atoms with Gasteiger partial charge in [-0.3, -0.25) is 4.79 Å². The number of anilines is 1. The SMILES string of the molecule is CC(OCC1CCCCO1)C(=O)Nc1ccc(OCC(=O)O)c2ccccc12. The molecule has 1 saturated heterocycles. The number of rotatable bonds is 8. The highest BCUT2D eigenvalue weighted by molar-refractivity contribution is 6.05. The molecule has 0 radical (unpaired) electrons. The predicted molar refractivity (Wildman–Crippen MR) is 105 cm³/mol. The highest BCUT2D eigenvalue weighted by Crippen LogP contribution is 2.31. The minimum atomic E-state index is -1.05. The normalized spacial score (nSPS) is 17.8. The Morgan fingerprint density at radius 3 is 2.71 bits per heavy atom. The molecule has 0 aliphatic carbocycles. The van der Waals surface area contributed by atoms with Gasteiger partial charge in [-0.25, -0.2) is 4.79 Å². The summed E-state index contributed by atoms with van der Waals surface area (Å²) in [5.41, 5.74) is 0.618. The van der Waals surface area contributed by atoms with Crippen LogP contribution in [0.4, 0.5) is 5.69 Å². The van der Waals surface area contributed by atoms with Crippen molar-refractivity contribution in [3.05, 3.63) is 36.4 Å². The molecule has 0 saturated carbocycles. The molecule has 28 heavy (non-hydrogen) atoms.